The van der Waals surface area contributed by atoms with E-state index in [9.17, 15) is 39.3 Å². The van der Waals surface area contributed by atoms with Crippen molar-refractivity contribution in [3.63, 3.8) is 0 Å². The normalized spacial score (nSPS) is 58.0. The quantitative estimate of drug-likeness (QED) is 0.165. The van der Waals surface area contributed by atoms with Crippen molar-refractivity contribution >= 4 is 41.3 Å². The number of halogens is 1. The molecule has 49 heavy (non-hydrogen) atoms. The third kappa shape index (κ3) is 3.89. The first kappa shape index (κ1) is 35.1. The Morgan fingerprint density at radius 1 is 0.816 bits per heavy atom. The molecular formula is C35H47ClO13. The van der Waals surface area contributed by atoms with Gasteiger partial charge < -0.3 is 39.0 Å². The molecule has 0 amide bonds. The molecular weight excluding hydrogens is 664 g/mol. The molecule has 0 unspecified atom stereocenters. The number of alkyl halides is 1. The number of aliphatic hydroxyl groups is 3. The van der Waals surface area contributed by atoms with Gasteiger partial charge in [0.05, 0.1) is 16.9 Å². The van der Waals surface area contributed by atoms with Gasteiger partial charge in [-0.3, -0.25) is 19.2 Å². The molecule has 5 saturated carbocycles. The van der Waals surface area contributed by atoms with Crippen LogP contribution in [0, 0.1) is 63.6 Å². The zero-order valence-corrected chi connectivity index (χ0v) is 29.9. The molecule has 2 heterocycles. The van der Waals surface area contributed by atoms with E-state index in [1.807, 2.05) is 20.8 Å². The van der Waals surface area contributed by atoms with Crippen molar-refractivity contribution in [3.05, 3.63) is 0 Å². The first-order chi connectivity index (χ1) is 22.6. The smallest absolute Gasteiger partial charge is 0.341 e. The van der Waals surface area contributed by atoms with Crippen LogP contribution in [0.2, 0.25) is 0 Å². The maximum atomic E-state index is 14.5. The van der Waals surface area contributed by atoms with Gasteiger partial charge in [0.25, 0.3) is 0 Å². The largest absolute Gasteiger partial charge is 0.462 e. The van der Waals surface area contributed by atoms with Gasteiger partial charge in [-0.1, -0.05) is 27.7 Å². The van der Waals surface area contributed by atoms with Gasteiger partial charge in [-0.25, -0.2) is 4.79 Å². The number of carbonyl (C=O) groups is 5. The first-order valence-corrected chi connectivity index (χ1v) is 17.7. The lowest BCUT2D eigenvalue weighted by molar-refractivity contribution is -0.259. The second-order valence-electron chi connectivity index (χ2n) is 16.8. The third-order valence-electron chi connectivity index (χ3n) is 14.8. The molecule has 20 atom stereocenters. The number of rotatable bonds is 3. The predicted octanol–water partition coefficient (Wildman–Crippen LogP) is 1.53. The van der Waals surface area contributed by atoms with E-state index in [0.717, 1.165) is 0 Å². The van der Waals surface area contributed by atoms with Gasteiger partial charge in [-0.15, -0.1) is 11.6 Å². The van der Waals surface area contributed by atoms with Gasteiger partial charge in [-0.05, 0) is 43.9 Å². The Labute approximate surface area is 289 Å². The number of hydrogen-bond donors (Lipinski definition) is 3. The van der Waals surface area contributed by atoms with Crippen molar-refractivity contribution in [2.45, 2.75) is 122 Å². The summed E-state index contributed by atoms with van der Waals surface area (Å²) in [5, 5.41) is 34.1. The van der Waals surface area contributed by atoms with Crippen LogP contribution in [0.25, 0.3) is 0 Å². The average molecular weight is 711 g/mol. The molecule has 1 spiro atoms. The number of ketones is 1. The molecule has 0 aromatic rings. The highest BCUT2D eigenvalue weighted by Gasteiger charge is 2.93. The molecule has 2 aliphatic heterocycles. The van der Waals surface area contributed by atoms with E-state index in [1.165, 1.54) is 27.7 Å². The molecule has 7 rings (SSSR count). The summed E-state index contributed by atoms with van der Waals surface area (Å²) in [4.78, 5) is 66.5. The standard InChI is InChI=1S/C35H47ClO13/c1-11-19-18(25(42)24(41)16-10-17(40)23(36)29(31(16,19)6)47-15(5)39)21-26(45-13(3)37)22-20(32(21,7)27(11)46-14(4)38)12(2)28-35(48-28)33(22,8)34(9,44)30(43)49-35/h11-12,16-23,25-29,40,42,44H,10H2,1-9H3/t11-,12-,16+,17+,18+,19-,20-,21+,22-,23-,25+,26+,27-,28-,29-,31-,32+,33-,34+,35+/m0/s1. The number of ether oxygens (including phenoxy) is 5. The molecule has 0 radical (unpaired) electrons. The molecule has 2 saturated heterocycles. The highest BCUT2D eigenvalue weighted by Crippen LogP contribution is 2.81. The van der Waals surface area contributed by atoms with E-state index in [2.05, 4.69) is 0 Å². The minimum atomic E-state index is -2.10. The Balaban J connectivity index is 1.51. The lowest BCUT2D eigenvalue weighted by Crippen LogP contribution is -2.73. The van der Waals surface area contributed by atoms with Gasteiger partial charge in [0.15, 0.2) is 11.4 Å². The SMILES string of the molecule is CC(=O)O[C@@H]1[C@H]2[C@H]3[C@H]([C@H](C)[C@H](OC(C)=O)[C@]2(C)[C@H]2[C@H](C)[C@@H]4O[C@@]45OC(=O)[C@@](C)(O)[C@]5(C)[C@H]12)[C@]1(C)[C@H](C[C@@H](O)[C@H](Cl)[C@@H]1OC(C)=O)C(=O)[C@@H]3O. The minimum Gasteiger partial charge on any atom is -0.462 e. The van der Waals surface area contributed by atoms with Crippen LogP contribution in [0.3, 0.4) is 0 Å². The molecule has 0 aromatic heterocycles. The maximum Gasteiger partial charge on any atom is 0.341 e. The van der Waals surface area contributed by atoms with Crippen LogP contribution in [0.4, 0.5) is 0 Å². The molecule has 7 aliphatic rings. The second kappa shape index (κ2) is 10.4. The van der Waals surface area contributed by atoms with Gasteiger partial charge in [0, 0.05) is 55.3 Å². The van der Waals surface area contributed by atoms with Gasteiger partial charge in [0.1, 0.15) is 30.5 Å². The number of esters is 4. The van der Waals surface area contributed by atoms with Crippen molar-refractivity contribution < 1.29 is 63.0 Å². The number of aliphatic hydroxyl groups excluding tert-OH is 2. The maximum absolute atomic E-state index is 14.5. The van der Waals surface area contributed by atoms with Gasteiger partial charge >= 0.3 is 23.9 Å². The fourth-order valence-electron chi connectivity index (χ4n) is 13.2. The fraction of sp³-hybridized carbons (Fsp3) is 0.857. The van der Waals surface area contributed by atoms with E-state index < -0.39 is 141 Å². The highest BCUT2D eigenvalue weighted by molar-refractivity contribution is 6.21. The first-order valence-electron chi connectivity index (χ1n) is 17.3. The Hall–Kier alpha value is -2.32. The zero-order chi connectivity index (χ0) is 36.3. The van der Waals surface area contributed by atoms with Crippen LogP contribution in [-0.4, -0.2) is 98.4 Å². The number of fused-ring (bicyclic) bond motifs is 8. The van der Waals surface area contributed by atoms with E-state index in [0.29, 0.717) is 0 Å². The molecule has 13 nitrogen and oxygen atoms in total. The Bertz CT molecular complexity index is 1530. The van der Waals surface area contributed by atoms with Crippen molar-refractivity contribution in [1.29, 1.82) is 0 Å². The third-order valence-corrected chi connectivity index (χ3v) is 15.3. The van der Waals surface area contributed by atoms with Crippen LogP contribution < -0.4 is 0 Å². The molecule has 5 aliphatic carbocycles. The van der Waals surface area contributed by atoms with Crippen LogP contribution in [0.1, 0.15) is 68.7 Å². The van der Waals surface area contributed by atoms with Crippen LogP contribution in [0.15, 0.2) is 0 Å². The van der Waals surface area contributed by atoms with Crippen LogP contribution in [0.5, 0.6) is 0 Å². The molecule has 3 N–H and O–H groups in total. The highest BCUT2D eigenvalue weighted by atomic mass is 35.5. The predicted molar refractivity (Wildman–Crippen MR) is 166 cm³/mol. The molecule has 14 heteroatoms. The summed E-state index contributed by atoms with van der Waals surface area (Å²) in [6.07, 6.45) is -6.79. The van der Waals surface area contributed by atoms with Gasteiger partial charge in [-0.2, -0.15) is 0 Å². The Morgan fingerprint density at radius 3 is 1.96 bits per heavy atom. The molecule has 7 fully saturated rings. The number of Topliss-reactive ketones (excluding diaryl/α,β-unsaturated/α-hetero) is 1. The van der Waals surface area contributed by atoms with Crippen LogP contribution in [-0.2, 0) is 47.7 Å². The molecule has 272 valence electrons. The fourth-order valence-corrected chi connectivity index (χ4v) is 13.6. The summed E-state index contributed by atoms with van der Waals surface area (Å²) < 4.78 is 30.5. The van der Waals surface area contributed by atoms with E-state index in [-0.39, 0.29) is 12.3 Å². The number of carbonyl (C=O) groups excluding carboxylic acids is 5. The molecule has 0 bridgehead atoms. The summed E-state index contributed by atoms with van der Waals surface area (Å²) in [7, 11) is 0. The summed E-state index contributed by atoms with van der Waals surface area (Å²) in [6, 6.07) is 0. The van der Waals surface area contributed by atoms with Crippen LogP contribution >= 0.6 is 11.6 Å². The monoisotopic (exact) mass is 710 g/mol. The Morgan fingerprint density at radius 2 is 1.39 bits per heavy atom. The van der Waals surface area contributed by atoms with E-state index in [4.69, 9.17) is 35.3 Å². The van der Waals surface area contributed by atoms with E-state index >= 15 is 0 Å². The van der Waals surface area contributed by atoms with Crippen molar-refractivity contribution in [2.75, 3.05) is 0 Å². The second-order valence-corrected chi connectivity index (χ2v) is 17.3. The number of epoxide rings is 1. The van der Waals surface area contributed by atoms with Crippen molar-refractivity contribution in [1.82, 2.24) is 0 Å². The average Bonchev–Trinajstić information content (AvgIpc) is 3.64. The summed E-state index contributed by atoms with van der Waals surface area (Å²) in [5.74, 6) is -10.8. The van der Waals surface area contributed by atoms with Crippen molar-refractivity contribution in [2.24, 2.45) is 63.6 Å². The van der Waals surface area contributed by atoms with Gasteiger partial charge in [0.2, 0.25) is 5.79 Å². The summed E-state index contributed by atoms with van der Waals surface area (Å²) in [6.45, 7) is 14.3. The zero-order valence-electron chi connectivity index (χ0n) is 29.2. The topological polar surface area (TPSA) is 195 Å². The summed E-state index contributed by atoms with van der Waals surface area (Å²) in [5.41, 5.74) is -5.98. The lowest BCUT2D eigenvalue weighted by atomic mass is 9.39. The minimum absolute atomic E-state index is 0.0913. The van der Waals surface area contributed by atoms with E-state index in [1.54, 1.807) is 13.8 Å². The molecule has 0 aromatic carbocycles. The Kier molecular flexibility index (Phi) is 7.44. The summed E-state index contributed by atoms with van der Waals surface area (Å²) >= 11 is 6.83. The van der Waals surface area contributed by atoms with Crippen molar-refractivity contribution in [3.8, 4) is 0 Å². The lowest BCUT2D eigenvalue weighted by Gasteiger charge is -2.66. The number of hydrogen-bond acceptors (Lipinski definition) is 13.